The van der Waals surface area contributed by atoms with Crippen molar-refractivity contribution in [3.8, 4) is 10.4 Å². The third kappa shape index (κ3) is 4.44. The van der Waals surface area contributed by atoms with Crippen LogP contribution in [-0.4, -0.2) is 4.98 Å². The minimum Gasteiger partial charge on any atom is -0.382 e. The van der Waals surface area contributed by atoms with Gasteiger partial charge in [0.1, 0.15) is 5.82 Å². The molecular weight excluding hydrogens is 230 g/mol. The summed E-state index contributed by atoms with van der Waals surface area (Å²) in [5.41, 5.74) is 12.3. The molecule has 0 amide bonds. The Labute approximate surface area is 106 Å². The molecule has 4 N–H and O–H groups in total. The van der Waals surface area contributed by atoms with Gasteiger partial charge in [0.05, 0.1) is 4.88 Å². The monoisotopic (exact) mass is 249 g/mol. The molecule has 1 aromatic carbocycles. The molecule has 2 rings (SSSR count). The second-order valence-electron chi connectivity index (χ2n) is 4.36. The van der Waals surface area contributed by atoms with Crippen LogP contribution in [-0.2, 0) is 0 Å². The minimum atomic E-state index is 0.508. The predicted molar refractivity (Wildman–Crippen MR) is 76.9 cm³/mol. The highest BCUT2D eigenvalue weighted by Crippen LogP contribution is 2.32. The lowest BCUT2D eigenvalue weighted by molar-refractivity contribution is 0.737. The van der Waals surface area contributed by atoms with Gasteiger partial charge in [-0.25, -0.2) is 4.98 Å². The van der Waals surface area contributed by atoms with Gasteiger partial charge in [-0.2, -0.15) is 0 Å². The SMILES string of the molecule is CC(C)C.Nc1nc(N)c(-c2ccccc2)s1. The third-order valence-corrected chi connectivity index (χ3v) is 2.66. The first-order valence-electron chi connectivity index (χ1n) is 5.58. The van der Waals surface area contributed by atoms with E-state index in [2.05, 4.69) is 25.8 Å². The van der Waals surface area contributed by atoms with Gasteiger partial charge in [-0.05, 0) is 11.5 Å². The molecule has 0 aliphatic heterocycles. The van der Waals surface area contributed by atoms with E-state index in [0.29, 0.717) is 10.9 Å². The van der Waals surface area contributed by atoms with Crippen molar-refractivity contribution in [2.24, 2.45) is 5.92 Å². The van der Waals surface area contributed by atoms with Crippen molar-refractivity contribution >= 4 is 22.3 Å². The minimum absolute atomic E-state index is 0.508. The van der Waals surface area contributed by atoms with E-state index in [-0.39, 0.29) is 0 Å². The van der Waals surface area contributed by atoms with E-state index in [9.17, 15) is 0 Å². The maximum atomic E-state index is 5.69. The summed E-state index contributed by atoms with van der Waals surface area (Å²) in [5.74, 6) is 1.34. The highest BCUT2D eigenvalue weighted by molar-refractivity contribution is 7.19. The van der Waals surface area contributed by atoms with Gasteiger partial charge in [0.15, 0.2) is 5.13 Å². The number of hydrogen-bond acceptors (Lipinski definition) is 4. The van der Waals surface area contributed by atoms with Crippen LogP contribution < -0.4 is 11.5 Å². The molecule has 0 unspecified atom stereocenters. The number of nitrogens with two attached hydrogens (primary N) is 2. The molecule has 1 heterocycles. The van der Waals surface area contributed by atoms with E-state index in [1.54, 1.807) is 0 Å². The fraction of sp³-hybridized carbons (Fsp3) is 0.308. The average Bonchev–Trinajstić information content (AvgIpc) is 2.58. The Bertz CT molecular complexity index is 446. The van der Waals surface area contributed by atoms with Gasteiger partial charge in [0.25, 0.3) is 0 Å². The van der Waals surface area contributed by atoms with Crippen molar-refractivity contribution in [1.82, 2.24) is 4.98 Å². The number of nitrogens with zero attached hydrogens (tertiary/aromatic N) is 1. The summed E-state index contributed by atoms with van der Waals surface area (Å²) in [6, 6.07) is 9.87. The Hall–Kier alpha value is -1.55. The van der Waals surface area contributed by atoms with Gasteiger partial charge in [-0.15, -0.1) is 0 Å². The zero-order chi connectivity index (χ0) is 12.8. The summed E-state index contributed by atoms with van der Waals surface area (Å²) in [4.78, 5) is 4.90. The normalized spacial score (nSPS) is 9.88. The lowest BCUT2D eigenvalue weighted by Crippen LogP contribution is -1.88. The highest BCUT2D eigenvalue weighted by atomic mass is 32.1. The Morgan fingerprint density at radius 2 is 1.59 bits per heavy atom. The second-order valence-corrected chi connectivity index (χ2v) is 5.40. The molecule has 17 heavy (non-hydrogen) atoms. The van der Waals surface area contributed by atoms with Crippen LogP contribution in [0.4, 0.5) is 10.9 Å². The van der Waals surface area contributed by atoms with E-state index in [4.69, 9.17) is 11.5 Å². The van der Waals surface area contributed by atoms with E-state index < -0.39 is 0 Å². The Morgan fingerprint density at radius 1 is 1.06 bits per heavy atom. The Morgan fingerprint density at radius 3 is 2.00 bits per heavy atom. The standard InChI is InChI=1S/C9H9N3S.C4H10/c10-8-7(13-9(11)12-8)6-4-2-1-3-5-6;1-4(2)3/h1-5H,10H2,(H2,11,12);4H,1-3H3. The lowest BCUT2D eigenvalue weighted by atomic mass is 10.2. The van der Waals surface area contributed by atoms with Crippen molar-refractivity contribution < 1.29 is 0 Å². The van der Waals surface area contributed by atoms with Crippen LogP contribution in [0.2, 0.25) is 0 Å². The molecule has 0 spiro atoms. The number of hydrogen-bond donors (Lipinski definition) is 2. The fourth-order valence-electron chi connectivity index (χ4n) is 1.15. The van der Waals surface area contributed by atoms with Crippen LogP contribution in [0, 0.1) is 5.92 Å². The molecule has 1 aromatic heterocycles. The van der Waals surface area contributed by atoms with Gasteiger partial charge < -0.3 is 11.5 Å². The fourth-order valence-corrected chi connectivity index (χ4v) is 1.90. The zero-order valence-corrected chi connectivity index (χ0v) is 11.3. The number of nitrogen functional groups attached to an aromatic ring is 2. The molecule has 0 fully saturated rings. The Balaban J connectivity index is 0.000000317. The molecule has 0 saturated heterocycles. The van der Waals surface area contributed by atoms with Crippen LogP contribution >= 0.6 is 11.3 Å². The maximum absolute atomic E-state index is 5.69. The maximum Gasteiger partial charge on any atom is 0.182 e. The summed E-state index contributed by atoms with van der Waals surface area (Å²) < 4.78 is 0. The van der Waals surface area contributed by atoms with Gasteiger partial charge in [0, 0.05) is 0 Å². The first kappa shape index (κ1) is 13.5. The summed E-state index contributed by atoms with van der Waals surface area (Å²) in [6.45, 7) is 6.50. The highest BCUT2D eigenvalue weighted by Gasteiger charge is 2.07. The van der Waals surface area contributed by atoms with Crippen LogP contribution in [0.3, 0.4) is 0 Å². The molecule has 3 nitrogen and oxygen atoms in total. The lowest BCUT2D eigenvalue weighted by Gasteiger charge is -1.95. The molecule has 0 bridgehead atoms. The van der Waals surface area contributed by atoms with Crippen LogP contribution in [0.5, 0.6) is 0 Å². The van der Waals surface area contributed by atoms with Crippen LogP contribution in [0.25, 0.3) is 10.4 Å². The molecule has 0 atom stereocenters. The third-order valence-electron chi connectivity index (χ3n) is 1.71. The van der Waals surface area contributed by atoms with Crippen LogP contribution in [0.1, 0.15) is 20.8 Å². The van der Waals surface area contributed by atoms with Gasteiger partial charge in [-0.1, -0.05) is 62.4 Å². The summed E-state index contributed by atoms with van der Waals surface area (Å²) >= 11 is 1.41. The van der Waals surface area contributed by atoms with E-state index in [1.807, 2.05) is 30.3 Å². The largest absolute Gasteiger partial charge is 0.382 e. The number of rotatable bonds is 1. The number of aromatic nitrogens is 1. The van der Waals surface area contributed by atoms with Crippen molar-refractivity contribution in [3.05, 3.63) is 30.3 Å². The molecular formula is C13H19N3S. The van der Waals surface area contributed by atoms with E-state index in [0.717, 1.165) is 16.4 Å². The smallest absolute Gasteiger partial charge is 0.182 e. The first-order valence-corrected chi connectivity index (χ1v) is 6.39. The number of thiazole rings is 1. The summed E-state index contributed by atoms with van der Waals surface area (Å²) in [6.07, 6.45) is 0. The van der Waals surface area contributed by atoms with Gasteiger partial charge in [-0.3, -0.25) is 0 Å². The molecule has 0 aliphatic rings. The molecule has 4 heteroatoms. The van der Waals surface area contributed by atoms with Crippen molar-refractivity contribution in [2.75, 3.05) is 11.5 Å². The first-order chi connectivity index (χ1) is 8.00. The number of anilines is 2. The topological polar surface area (TPSA) is 64.9 Å². The van der Waals surface area contributed by atoms with Crippen molar-refractivity contribution in [1.29, 1.82) is 0 Å². The average molecular weight is 249 g/mol. The van der Waals surface area contributed by atoms with Crippen molar-refractivity contribution in [3.63, 3.8) is 0 Å². The van der Waals surface area contributed by atoms with Crippen LogP contribution in [0.15, 0.2) is 30.3 Å². The summed E-state index contributed by atoms with van der Waals surface area (Å²) in [7, 11) is 0. The molecule has 92 valence electrons. The molecule has 0 radical (unpaired) electrons. The number of benzene rings is 1. The van der Waals surface area contributed by atoms with E-state index >= 15 is 0 Å². The Kier molecular flexibility index (Phi) is 4.97. The molecule has 2 aromatic rings. The van der Waals surface area contributed by atoms with Crippen molar-refractivity contribution in [2.45, 2.75) is 20.8 Å². The second kappa shape index (κ2) is 6.25. The van der Waals surface area contributed by atoms with E-state index in [1.165, 1.54) is 11.3 Å². The molecule has 0 aliphatic carbocycles. The van der Waals surface area contributed by atoms with Gasteiger partial charge >= 0.3 is 0 Å². The predicted octanol–water partition coefficient (Wildman–Crippen LogP) is 3.64. The zero-order valence-electron chi connectivity index (χ0n) is 10.5. The van der Waals surface area contributed by atoms with Gasteiger partial charge in [0.2, 0.25) is 0 Å². The molecule has 0 saturated carbocycles. The quantitative estimate of drug-likeness (QED) is 0.811. The summed E-state index contributed by atoms with van der Waals surface area (Å²) in [5, 5.41) is 0.511.